The summed E-state index contributed by atoms with van der Waals surface area (Å²) >= 11 is 0. The van der Waals surface area contributed by atoms with E-state index in [1.165, 1.54) is 12.1 Å². The topological polar surface area (TPSA) is 124 Å². The fourth-order valence-electron chi connectivity index (χ4n) is 2.77. The minimum absolute atomic E-state index is 0.238. The summed E-state index contributed by atoms with van der Waals surface area (Å²) in [5.41, 5.74) is -0.0266. The molecule has 118 valence electrons. The van der Waals surface area contributed by atoms with Crippen LogP contribution in [0.25, 0.3) is 0 Å². The molecular formula is C15H17NO6. The van der Waals surface area contributed by atoms with Crippen molar-refractivity contribution in [1.82, 2.24) is 0 Å². The second-order valence-corrected chi connectivity index (χ2v) is 5.36. The predicted molar refractivity (Wildman–Crippen MR) is 76.8 cm³/mol. The Hall–Kier alpha value is -2.57. The number of carbonyl (C=O) groups is 3. The van der Waals surface area contributed by atoms with Gasteiger partial charge in [0.1, 0.15) is 11.3 Å². The molecule has 1 aliphatic rings. The van der Waals surface area contributed by atoms with E-state index in [-0.39, 0.29) is 11.3 Å². The van der Waals surface area contributed by atoms with Gasteiger partial charge in [0.25, 0.3) is 0 Å². The standard InChI is InChI=1S/C15H17NO6/c17-12-7-8(5-6-11(12)15(21)22)16-13(18)9-3-1-2-4-10(9)14(19)20/h5-7,9-10,17H,1-4H2,(H,16,18)(H,19,20)(H,21,22). The molecule has 4 N–H and O–H groups in total. The molecule has 2 atom stereocenters. The average molecular weight is 307 g/mol. The number of aromatic carboxylic acids is 1. The lowest BCUT2D eigenvalue weighted by Crippen LogP contribution is -2.36. The molecule has 1 amide bonds. The lowest BCUT2D eigenvalue weighted by Gasteiger charge is -2.27. The summed E-state index contributed by atoms with van der Waals surface area (Å²) in [5, 5.41) is 30.2. The van der Waals surface area contributed by atoms with Crippen molar-refractivity contribution >= 4 is 23.5 Å². The van der Waals surface area contributed by atoms with Gasteiger partial charge in [0.2, 0.25) is 5.91 Å². The van der Waals surface area contributed by atoms with Crippen LogP contribution in [0, 0.1) is 11.8 Å². The molecular weight excluding hydrogens is 290 g/mol. The van der Waals surface area contributed by atoms with E-state index in [0.717, 1.165) is 18.9 Å². The molecule has 0 bridgehead atoms. The number of hydrogen-bond donors (Lipinski definition) is 4. The maximum Gasteiger partial charge on any atom is 0.339 e. The van der Waals surface area contributed by atoms with Crippen molar-refractivity contribution in [2.24, 2.45) is 11.8 Å². The first-order valence-corrected chi connectivity index (χ1v) is 7.00. The molecule has 0 aliphatic heterocycles. The number of nitrogens with one attached hydrogen (secondary N) is 1. The van der Waals surface area contributed by atoms with Crippen LogP contribution in [0.4, 0.5) is 5.69 Å². The zero-order valence-electron chi connectivity index (χ0n) is 11.8. The summed E-state index contributed by atoms with van der Waals surface area (Å²) in [5.74, 6) is -4.45. The number of aromatic hydroxyl groups is 1. The summed E-state index contributed by atoms with van der Waals surface area (Å²) in [6.45, 7) is 0. The van der Waals surface area contributed by atoms with Crippen molar-refractivity contribution in [3.63, 3.8) is 0 Å². The predicted octanol–water partition coefficient (Wildman–Crippen LogP) is 1.92. The minimum Gasteiger partial charge on any atom is -0.507 e. The van der Waals surface area contributed by atoms with Crippen LogP contribution >= 0.6 is 0 Å². The maximum absolute atomic E-state index is 12.2. The molecule has 1 aliphatic carbocycles. The third-order valence-electron chi connectivity index (χ3n) is 3.92. The van der Waals surface area contributed by atoms with E-state index in [4.69, 9.17) is 5.11 Å². The van der Waals surface area contributed by atoms with Gasteiger partial charge in [-0.05, 0) is 25.0 Å². The van der Waals surface area contributed by atoms with E-state index >= 15 is 0 Å². The first kappa shape index (κ1) is 15.8. The SMILES string of the molecule is O=C(O)c1ccc(NC(=O)C2CCCCC2C(=O)O)cc1O. The Morgan fingerprint density at radius 3 is 2.23 bits per heavy atom. The Morgan fingerprint density at radius 1 is 1.05 bits per heavy atom. The molecule has 1 saturated carbocycles. The summed E-state index contributed by atoms with van der Waals surface area (Å²) in [7, 11) is 0. The number of phenols is 1. The van der Waals surface area contributed by atoms with Gasteiger partial charge in [-0.25, -0.2) is 4.79 Å². The number of amides is 1. The third-order valence-corrected chi connectivity index (χ3v) is 3.92. The zero-order chi connectivity index (χ0) is 16.3. The third kappa shape index (κ3) is 3.36. The van der Waals surface area contributed by atoms with Crippen molar-refractivity contribution < 1.29 is 29.7 Å². The lowest BCUT2D eigenvalue weighted by molar-refractivity contribution is -0.147. The number of aliphatic carboxylic acids is 1. The lowest BCUT2D eigenvalue weighted by atomic mass is 9.78. The number of anilines is 1. The molecule has 0 heterocycles. The molecule has 1 aromatic rings. The largest absolute Gasteiger partial charge is 0.507 e. The van der Waals surface area contributed by atoms with Crippen LogP contribution in [0.1, 0.15) is 36.0 Å². The van der Waals surface area contributed by atoms with Gasteiger partial charge in [-0.15, -0.1) is 0 Å². The van der Waals surface area contributed by atoms with E-state index in [9.17, 15) is 24.6 Å². The summed E-state index contributed by atoms with van der Waals surface area (Å²) < 4.78 is 0. The molecule has 7 heteroatoms. The van der Waals surface area contributed by atoms with Crippen molar-refractivity contribution in [2.45, 2.75) is 25.7 Å². The molecule has 2 unspecified atom stereocenters. The highest BCUT2D eigenvalue weighted by atomic mass is 16.4. The van der Waals surface area contributed by atoms with Gasteiger partial charge < -0.3 is 20.6 Å². The van der Waals surface area contributed by atoms with E-state index in [2.05, 4.69) is 5.32 Å². The van der Waals surface area contributed by atoms with Gasteiger partial charge in [-0.1, -0.05) is 12.8 Å². The van der Waals surface area contributed by atoms with Crippen molar-refractivity contribution in [1.29, 1.82) is 0 Å². The van der Waals surface area contributed by atoms with Crippen LogP contribution in [0.2, 0.25) is 0 Å². The molecule has 0 radical (unpaired) electrons. The Bertz CT molecular complexity index is 612. The maximum atomic E-state index is 12.2. The van der Waals surface area contributed by atoms with E-state index in [0.29, 0.717) is 12.8 Å². The molecule has 0 saturated heterocycles. The van der Waals surface area contributed by atoms with Crippen LogP contribution in [0.3, 0.4) is 0 Å². The highest BCUT2D eigenvalue weighted by molar-refractivity contribution is 5.97. The van der Waals surface area contributed by atoms with Gasteiger partial charge in [0, 0.05) is 11.8 Å². The number of carbonyl (C=O) groups excluding carboxylic acids is 1. The highest BCUT2D eigenvalue weighted by Gasteiger charge is 2.35. The second kappa shape index (κ2) is 6.46. The van der Waals surface area contributed by atoms with Gasteiger partial charge in [0.05, 0.1) is 11.8 Å². The number of rotatable bonds is 4. The summed E-state index contributed by atoms with van der Waals surface area (Å²) in [6.07, 6.45) is 2.55. The van der Waals surface area contributed by atoms with Gasteiger partial charge in [-0.2, -0.15) is 0 Å². The van der Waals surface area contributed by atoms with Gasteiger partial charge in [0.15, 0.2) is 0 Å². The van der Waals surface area contributed by atoms with Crippen LogP contribution in [0.15, 0.2) is 18.2 Å². The number of benzene rings is 1. The molecule has 1 aromatic carbocycles. The van der Waals surface area contributed by atoms with E-state index in [1.807, 2.05) is 0 Å². The smallest absolute Gasteiger partial charge is 0.339 e. The monoisotopic (exact) mass is 307 g/mol. The van der Waals surface area contributed by atoms with E-state index in [1.54, 1.807) is 0 Å². The molecule has 22 heavy (non-hydrogen) atoms. The van der Waals surface area contributed by atoms with Crippen LogP contribution in [-0.2, 0) is 9.59 Å². The Labute approximate surface area is 126 Å². The zero-order valence-corrected chi connectivity index (χ0v) is 11.8. The van der Waals surface area contributed by atoms with E-state index < -0.39 is 35.4 Å². The molecule has 2 rings (SSSR count). The number of hydrogen-bond acceptors (Lipinski definition) is 4. The Morgan fingerprint density at radius 2 is 1.68 bits per heavy atom. The normalized spacial score (nSPS) is 21.1. The van der Waals surface area contributed by atoms with Crippen LogP contribution in [0.5, 0.6) is 5.75 Å². The van der Waals surface area contributed by atoms with Gasteiger partial charge >= 0.3 is 11.9 Å². The quantitative estimate of drug-likeness (QED) is 0.673. The van der Waals surface area contributed by atoms with Crippen molar-refractivity contribution in [3.8, 4) is 5.75 Å². The Balaban J connectivity index is 2.12. The molecule has 0 aromatic heterocycles. The number of carboxylic acid groups (broad SMARTS) is 2. The number of carboxylic acids is 2. The van der Waals surface area contributed by atoms with Crippen molar-refractivity contribution in [2.75, 3.05) is 5.32 Å². The fourth-order valence-corrected chi connectivity index (χ4v) is 2.77. The van der Waals surface area contributed by atoms with Gasteiger partial charge in [-0.3, -0.25) is 9.59 Å². The molecule has 1 fully saturated rings. The first-order chi connectivity index (χ1) is 10.4. The Kier molecular flexibility index (Phi) is 4.65. The van der Waals surface area contributed by atoms with Crippen LogP contribution in [-0.4, -0.2) is 33.2 Å². The van der Waals surface area contributed by atoms with Crippen LogP contribution < -0.4 is 5.32 Å². The second-order valence-electron chi connectivity index (χ2n) is 5.36. The molecule has 0 spiro atoms. The molecule has 7 nitrogen and oxygen atoms in total. The average Bonchev–Trinajstić information content (AvgIpc) is 2.46. The minimum atomic E-state index is -1.27. The summed E-state index contributed by atoms with van der Waals surface area (Å²) in [6, 6.07) is 3.68. The highest BCUT2D eigenvalue weighted by Crippen LogP contribution is 2.31. The van der Waals surface area contributed by atoms with Crippen molar-refractivity contribution in [3.05, 3.63) is 23.8 Å². The first-order valence-electron chi connectivity index (χ1n) is 7.00. The summed E-state index contributed by atoms with van der Waals surface area (Å²) in [4.78, 5) is 34.3. The fraction of sp³-hybridized carbons (Fsp3) is 0.400.